The fourth-order valence-corrected chi connectivity index (χ4v) is 2.55. The molecule has 0 aliphatic carbocycles. The summed E-state index contributed by atoms with van der Waals surface area (Å²) in [5.41, 5.74) is 1.57. The van der Waals surface area contributed by atoms with Crippen LogP contribution in [0, 0.1) is 0 Å². The molecule has 0 saturated carbocycles. The van der Waals surface area contributed by atoms with Crippen LogP contribution in [0.15, 0.2) is 53.1 Å². The number of esters is 1. The molecule has 3 rings (SSSR count). The molecule has 140 valence electrons. The number of nitrogens with one attached hydrogen (secondary N) is 1. The third-order valence-electron chi connectivity index (χ3n) is 3.81. The van der Waals surface area contributed by atoms with Crippen LogP contribution >= 0.6 is 11.6 Å². The van der Waals surface area contributed by atoms with E-state index in [9.17, 15) is 9.59 Å². The zero-order valence-electron chi connectivity index (χ0n) is 14.6. The number of carbonyl (C=O) groups is 2. The Bertz CT molecular complexity index is 917. The van der Waals surface area contributed by atoms with E-state index in [-0.39, 0.29) is 13.0 Å². The van der Waals surface area contributed by atoms with Gasteiger partial charge in [0.1, 0.15) is 11.6 Å². The zero-order valence-corrected chi connectivity index (χ0v) is 15.4. The van der Waals surface area contributed by atoms with Gasteiger partial charge in [-0.05, 0) is 24.3 Å². The lowest BCUT2D eigenvalue weighted by atomic mass is 10.1. The predicted molar refractivity (Wildman–Crippen MR) is 100 cm³/mol. The van der Waals surface area contributed by atoms with Crippen molar-refractivity contribution in [2.45, 2.75) is 12.8 Å². The number of amides is 1. The number of aryl methyl sites for hydroxylation is 2. The van der Waals surface area contributed by atoms with Crippen LogP contribution in [0.3, 0.4) is 0 Å². The van der Waals surface area contributed by atoms with E-state index in [0.717, 1.165) is 5.56 Å². The van der Waals surface area contributed by atoms with Crippen LogP contribution in [0.25, 0.3) is 11.3 Å². The number of hydrogen-bond acceptors (Lipinski definition) is 5. The molecule has 0 atom stereocenters. The molecular formula is C19H18ClN3O4. The molecule has 0 bridgehead atoms. The van der Waals surface area contributed by atoms with Gasteiger partial charge in [-0.3, -0.25) is 14.3 Å². The van der Waals surface area contributed by atoms with Crippen molar-refractivity contribution >= 4 is 29.3 Å². The van der Waals surface area contributed by atoms with Crippen molar-refractivity contribution in [2.75, 3.05) is 11.9 Å². The molecule has 0 saturated heterocycles. The summed E-state index contributed by atoms with van der Waals surface area (Å²) < 4.78 is 11.7. The van der Waals surface area contributed by atoms with Crippen LogP contribution in [0.4, 0.5) is 5.82 Å². The van der Waals surface area contributed by atoms with Crippen LogP contribution in [0.5, 0.6) is 0 Å². The third kappa shape index (κ3) is 5.21. The normalized spacial score (nSPS) is 10.6. The number of aromatic nitrogens is 2. The monoisotopic (exact) mass is 387 g/mol. The molecule has 0 radical (unpaired) electrons. The molecule has 2 aromatic heterocycles. The van der Waals surface area contributed by atoms with Gasteiger partial charge < -0.3 is 14.5 Å². The SMILES string of the molecule is Cn1nc(-c2ccc(Cl)cc2)cc1NC(=O)COC(=O)CCc1ccco1. The molecule has 0 fully saturated rings. The maximum atomic E-state index is 12.0. The van der Waals surface area contributed by atoms with E-state index in [4.69, 9.17) is 20.8 Å². The molecule has 7 nitrogen and oxygen atoms in total. The van der Waals surface area contributed by atoms with Crippen molar-refractivity contribution in [1.29, 1.82) is 0 Å². The van der Waals surface area contributed by atoms with Gasteiger partial charge >= 0.3 is 5.97 Å². The second-order valence-corrected chi connectivity index (χ2v) is 6.27. The smallest absolute Gasteiger partial charge is 0.306 e. The maximum absolute atomic E-state index is 12.0. The van der Waals surface area contributed by atoms with Crippen LogP contribution in [0.1, 0.15) is 12.2 Å². The molecule has 0 spiro atoms. The van der Waals surface area contributed by atoms with Crippen molar-refractivity contribution in [3.05, 3.63) is 59.5 Å². The van der Waals surface area contributed by atoms with Gasteiger partial charge in [0.15, 0.2) is 6.61 Å². The Balaban J connectivity index is 1.50. The molecule has 3 aromatic rings. The number of benzene rings is 1. The maximum Gasteiger partial charge on any atom is 0.306 e. The number of furan rings is 1. The molecule has 27 heavy (non-hydrogen) atoms. The summed E-state index contributed by atoms with van der Waals surface area (Å²) >= 11 is 5.89. The highest BCUT2D eigenvalue weighted by Crippen LogP contribution is 2.23. The van der Waals surface area contributed by atoms with Crippen molar-refractivity contribution in [1.82, 2.24) is 9.78 Å². The zero-order chi connectivity index (χ0) is 19.2. The highest BCUT2D eigenvalue weighted by molar-refractivity contribution is 6.30. The van der Waals surface area contributed by atoms with E-state index in [1.54, 1.807) is 48.3 Å². The Kier molecular flexibility index (Phi) is 5.93. The van der Waals surface area contributed by atoms with Gasteiger partial charge in [0.2, 0.25) is 0 Å². The van der Waals surface area contributed by atoms with Crippen molar-refractivity contribution in [3.8, 4) is 11.3 Å². The van der Waals surface area contributed by atoms with Crippen LogP contribution in [0.2, 0.25) is 5.02 Å². The first-order chi connectivity index (χ1) is 13.0. The summed E-state index contributed by atoms with van der Waals surface area (Å²) in [6.07, 6.45) is 2.12. The average Bonchev–Trinajstić information content (AvgIpc) is 3.29. The van der Waals surface area contributed by atoms with Crippen molar-refractivity contribution in [2.24, 2.45) is 7.05 Å². The molecule has 1 aromatic carbocycles. The Morgan fingerprint density at radius 2 is 2.04 bits per heavy atom. The molecule has 0 aliphatic rings. The van der Waals surface area contributed by atoms with Gasteiger partial charge in [-0.2, -0.15) is 5.10 Å². The quantitative estimate of drug-likeness (QED) is 0.627. The predicted octanol–water partition coefficient (Wildman–Crippen LogP) is 3.45. The van der Waals surface area contributed by atoms with Crippen LogP contribution < -0.4 is 5.32 Å². The topological polar surface area (TPSA) is 86.4 Å². The molecule has 2 heterocycles. The molecule has 1 amide bonds. The summed E-state index contributed by atoms with van der Waals surface area (Å²) in [7, 11) is 1.71. The second kappa shape index (κ2) is 8.55. The summed E-state index contributed by atoms with van der Waals surface area (Å²) in [5, 5.41) is 7.67. The minimum absolute atomic E-state index is 0.146. The first-order valence-electron chi connectivity index (χ1n) is 8.29. The van der Waals surface area contributed by atoms with E-state index in [0.29, 0.717) is 28.7 Å². The van der Waals surface area contributed by atoms with Gasteiger partial charge in [-0.1, -0.05) is 23.7 Å². The summed E-state index contributed by atoms with van der Waals surface area (Å²) in [6, 6.07) is 12.5. The van der Waals surface area contributed by atoms with E-state index in [1.165, 1.54) is 0 Å². The number of nitrogens with zero attached hydrogens (tertiary/aromatic N) is 2. The fourth-order valence-electron chi connectivity index (χ4n) is 2.42. The number of halogens is 1. The van der Waals surface area contributed by atoms with Gasteiger partial charge in [-0.25, -0.2) is 0 Å². The number of ether oxygens (including phenoxy) is 1. The van der Waals surface area contributed by atoms with Crippen LogP contribution in [-0.2, 0) is 27.8 Å². The van der Waals surface area contributed by atoms with Crippen molar-refractivity contribution in [3.63, 3.8) is 0 Å². The third-order valence-corrected chi connectivity index (χ3v) is 4.06. The highest BCUT2D eigenvalue weighted by atomic mass is 35.5. The van der Waals surface area contributed by atoms with Gasteiger partial charge in [0.25, 0.3) is 5.91 Å². The molecule has 0 unspecified atom stereocenters. The largest absolute Gasteiger partial charge is 0.469 e. The van der Waals surface area contributed by atoms with Crippen molar-refractivity contribution < 1.29 is 18.7 Å². The lowest BCUT2D eigenvalue weighted by Gasteiger charge is -2.06. The van der Waals surface area contributed by atoms with E-state index in [1.807, 2.05) is 12.1 Å². The first kappa shape index (κ1) is 18.7. The minimum Gasteiger partial charge on any atom is -0.469 e. The molecule has 1 N–H and O–H groups in total. The first-order valence-corrected chi connectivity index (χ1v) is 8.67. The van der Waals surface area contributed by atoms with E-state index >= 15 is 0 Å². The number of rotatable bonds is 7. The number of anilines is 1. The summed E-state index contributed by atoms with van der Waals surface area (Å²) in [6.45, 7) is -0.363. The Morgan fingerprint density at radius 3 is 2.74 bits per heavy atom. The van der Waals surface area contributed by atoms with E-state index < -0.39 is 11.9 Å². The van der Waals surface area contributed by atoms with Gasteiger partial charge in [0.05, 0.1) is 18.4 Å². The lowest BCUT2D eigenvalue weighted by Crippen LogP contribution is -2.22. The Labute approximate surface area is 160 Å². The second-order valence-electron chi connectivity index (χ2n) is 5.83. The standard InChI is InChI=1S/C19H18ClN3O4/c1-23-17(11-16(22-23)13-4-6-14(20)7-5-13)21-18(24)12-27-19(25)9-8-15-3-2-10-26-15/h2-7,10-11H,8-9,12H2,1H3,(H,21,24). The van der Waals surface area contributed by atoms with Gasteiger partial charge in [-0.15, -0.1) is 0 Å². The average molecular weight is 388 g/mol. The lowest BCUT2D eigenvalue weighted by molar-refractivity contribution is -0.147. The molecule has 8 heteroatoms. The fraction of sp³-hybridized carbons (Fsp3) is 0.211. The van der Waals surface area contributed by atoms with E-state index in [2.05, 4.69) is 10.4 Å². The summed E-state index contributed by atoms with van der Waals surface area (Å²) in [5.74, 6) is 0.290. The Hall–Kier alpha value is -3.06. The number of carbonyl (C=O) groups excluding carboxylic acids is 2. The number of hydrogen-bond donors (Lipinski definition) is 1. The summed E-state index contributed by atoms with van der Waals surface area (Å²) in [4.78, 5) is 23.7. The van der Waals surface area contributed by atoms with Crippen LogP contribution in [-0.4, -0.2) is 28.3 Å². The van der Waals surface area contributed by atoms with Gasteiger partial charge in [0, 0.05) is 30.1 Å². The Morgan fingerprint density at radius 1 is 1.26 bits per heavy atom. The molecule has 0 aliphatic heterocycles. The highest BCUT2D eigenvalue weighted by Gasteiger charge is 2.13. The molecular weight excluding hydrogens is 370 g/mol. The minimum atomic E-state index is -0.464.